The predicted molar refractivity (Wildman–Crippen MR) is 110 cm³/mol. The van der Waals surface area contributed by atoms with Gasteiger partial charge in [0, 0.05) is 37.9 Å². The lowest BCUT2D eigenvalue weighted by Gasteiger charge is -2.35. The largest absolute Gasteiger partial charge is 0.434 e. The molecule has 0 saturated carbocycles. The van der Waals surface area contributed by atoms with Gasteiger partial charge in [0.2, 0.25) is 0 Å². The minimum absolute atomic E-state index is 0.0906. The van der Waals surface area contributed by atoms with Crippen LogP contribution in [-0.4, -0.2) is 51.9 Å². The summed E-state index contributed by atoms with van der Waals surface area (Å²) < 4.78 is 41.6. The van der Waals surface area contributed by atoms with Crippen molar-refractivity contribution in [3.05, 3.63) is 71.8 Å². The summed E-state index contributed by atoms with van der Waals surface area (Å²) >= 11 is 0. The molecule has 1 amide bonds. The van der Waals surface area contributed by atoms with Crippen molar-refractivity contribution in [2.45, 2.75) is 6.18 Å². The molecule has 32 heavy (non-hydrogen) atoms. The third kappa shape index (κ3) is 4.23. The van der Waals surface area contributed by atoms with Gasteiger partial charge in [-0.1, -0.05) is 30.3 Å². The van der Waals surface area contributed by atoms with E-state index in [1.165, 1.54) is 11.2 Å². The summed E-state index contributed by atoms with van der Waals surface area (Å²) in [6, 6.07) is 12.7. The highest BCUT2D eigenvalue weighted by Gasteiger charge is 2.40. The SMILES string of the molecule is N#Cc1cc(C(=O)N2CCN(c3ccncn3)CC2)c(C(F)(F)F)nc1-c1ccccc1. The number of halogens is 3. The van der Waals surface area contributed by atoms with E-state index < -0.39 is 23.3 Å². The molecule has 0 unspecified atom stereocenters. The number of hydrogen-bond donors (Lipinski definition) is 0. The van der Waals surface area contributed by atoms with Crippen LogP contribution in [0.2, 0.25) is 0 Å². The molecule has 7 nitrogen and oxygen atoms in total. The van der Waals surface area contributed by atoms with E-state index in [1.807, 2.05) is 11.0 Å². The molecule has 0 radical (unpaired) electrons. The van der Waals surface area contributed by atoms with Crippen LogP contribution in [0.5, 0.6) is 0 Å². The number of carbonyl (C=O) groups is 1. The highest BCUT2D eigenvalue weighted by atomic mass is 19.4. The highest BCUT2D eigenvalue weighted by molar-refractivity contribution is 5.96. The van der Waals surface area contributed by atoms with E-state index in [9.17, 15) is 23.2 Å². The van der Waals surface area contributed by atoms with Crippen molar-refractivity contribution < 1.29 is 18.0 Å². The average molecular weight is 438 g/mol. The number of alkyl halides is 3. The van der Waals surface area contributed by atoms with Gasteiger partial charge in [0.05, 0.1) is 16.8 Å². The van der Waals surface area contributed by atoms with Crippen LogP contribution in [0.4, 0.5) is 19.0 Å². The monoisotopic (exact) mass is 438 g/mol. The van der Waals surface area contributed by atoms with E-state index in [4.69, 9.17) is 0 Å². The van der Waals surface area contributed by atoms with Crippen LogP contribution in [0.15, 0.2) is 55.0 Å². The minimum Gasteiger partial charge on any atom is -0.353 e. The quantitative estimate of drug-likeness (QED) is 0.623. The van der Waals surface area contributed by atoms with Gasteiger partial charge in [-0.05, 0) is 12.1 Å². The van der Waals surface area contributed by atoms with E-state index in [0.29, 0.717) is 24.5 Å². The van der Waals surface area contributed by atoms with Crippen molar-refractivity contribution in [3.63, 3.8) is 0 Å². The number of benzene rings is 1. The molecule has 3 aromatic rings. The van der Waals surface area contributed by atoms with Crippen molar-refractivity contribution >= 4 is 11.7 Å². The number of amides is 1. The molecule has 10 heteroatoms. The van der Waals surface area contributed by atoms with E-state index in [2.05, 4.69) is 15.0 Å². The van der Waals surface area contributed by atoms with E-state index in [-0.39, 0.29) is 24.3 Å². The number of aromatic nitrogens is 3. The fourth-order valence-electron chi connectivity index (χ4n) is 3.57. The maximum absolute atomic E-state index is 13.9. The smallest absolute Gasteiger partial charge is 0.353 e. The standard InChI is InChI=1S/C22H17F3N6O/c23-22(24,25)20-17(12-16(13-26)19(29-20)15-4-2-1-3-5-15)21(32)31-10-8-30(9-11-31)18-6-7-27-14-28-18/h1-7,12,14H,8-11H2. The third-order valence-corrected chi connectivity index (χ3v) is 5.15. The molecule has 3 heterocycles. The summed E-state index contributed by atoms with van der Waals surface area (Å²) in [4.78, 5) is 28.1. The Labute approximate surface area is 181 Å². The van der Waals surface area contributed by atoms with Crippen LogP contribution in [0, 0.1) is 11.3 Å². The second-order valence-electron chi connectivity index (χ2n) is 7.10. The van der Waals surface area contributed by atoms with Gasteiger partial charge in [-0.3, -0.25) is 4.79 Å². The molecule has 1 saturated heterocycles. The van der Waals surface area contributed by atoms with Gasteiger partial charge >= 0.3 is 6.18 Å². The molecule has 1 aliphatic rings. The Morgan fingerprint density at radius 3 is 2.38 bits per heavy atom. The van der Waals surface area contributed by atoms with Gasteiger partial charge in [0.1, 0.15) is 18.2 Å². The number of pyridine rings is 1. The second-order valence-corrected chi connectivity index (χ2v) is 7.10. The summed E-state index contributed by atoms with van der Waals surface area (Å²) in [5, 5.41) is 9.54. The number of piperazine rings is 1. The molecule has 1 fully saturated rings. The number of carbonyl (C=O) groups excluding carboxylic acids is 1. The average Bonchev–Trinajstić information content (AvgIpc) is 2.83. The molecule has 2 aromatic heterocycles. The zero-order valence-electron chi connectivity index (χ0n) is 16.8. The lowest BCUT2D eigenvalue weighted by atomic mass is 10.0. The van der Waals surface area contributed by atoms with Crippen LogP contribution >= 0.6 is 0 Å². The molecule has 0 atom stereocenters. The number of nitriles is 1. The third-order valence-electron chi connectivity index (χ3n) is 5.15. The van der Waals surface area contributed by atoms with Crippen LogP contribution in [0.25, 0.3) is 11.3 Å². The first-order valence-corrected chi connectivity index (χ1v) is 9.76. The van der Waals surface area contributed by atoms with Crippen LogP contribution < -0.4 is 4.90 Å². The molecular formula is C22H17F3N6O. The predicted octanol–water partition coefficient (Wildman–Crippen LogP) is 3.39. The fourth-order valence-corrected chi connectivity index (χ4v) is 3.57. The Balaban J connectivity index is 1.65. The lowest BCUT2D eigenvalue weighted by Crippen LogP contribution is -2.49. The van der Waals surface area contributed by atoms with Crippen molar-refractivity contribution in [2.24, 2.45) is 0 Å². The molecule has 162 valence electrons. The van der Waals surface area contributed by atoms with Gasteiger partial charge in [-0.25, -0.2) is 15.0 Å². The number of anilines is 1. The van der Waals surface area contributed by atoms with Gasteiger partial charge in [-0.15, -0.1) is 0 Å². The summed E-state index contributed by atoms with van der Waals surface area (Å²) in [5.41, 5.74) is -1.74. The van der Waals surface area contributed by atoms with Gasteiger partial charge in [-0.2, -0.15) is 18.4 Å². The molecule has 0 spiro atoms. The van der Waals surface area contributed by atoms with Crippen LogP contribution in [0.1, 0.15) is 21.6 Å². The maximum Gasteiger partial charge on any atom is 0.434 e. The Hall–Kier alpha value is -4.00. The Morgan fingerprint density at radius 1 is 1.06 bits per heavy atom. The Morgan fingerprint density at radius 2 is 1.78 bits per heavy atom. The summed E-state index contributed by atoms with van der Waals surface area (Å²) in [6.45, 7) is 1.24. The first-order chi connectivity index (χ1) is 15.4. The number of nitrogens with zero attached hydrogens (tertiary/aromatic N) is 6. The Bertz CT molecular complexity index is 1150. The van der Waals surface area contributed by atoms with Crippen molar-refractivity contribution in [3.8, 4) is 17.3 Å². The van der Waals surface area contributed by atoms with Gasteiger partial charge in [0.25, 0.3) is 5.91 Å². The first kappa shape index (κ1) is 21.2. The van der Waals surface area contributed by atoms with Gasteiger partial charge < -0.3 is 9.80 Å². The lowest BCUT2D eigenvalue weighted by molar-refractivity contribution is -0.141. The van der Waals surface area contributed by atoms with E-state index >= 15 is 0 Å². The molecule has 1 aliphatic heterocycles. The normalized spacial score (nSPS) is 14.2. The first-order valence-electron chi connectivity index (χ1n) is 9.76. The van der Waals surface area contributed by atoms with Crippen molar-refractivity contribution in [1.82, 2.24) is 19.9 Å². The van der Waals surface area contributed by atoms with E-state index in [1.54, 1.807) is 42.6 Å². The maximum atomic E-state index is 13.9. The molecule has 4 rings (SSSR count). The molecule has 0 aliphatic carbocycles. The Kier molecular flexibility index (Phi) is 5.73. The van der Waals surface area contributed by atoms with Crippen molar-refractivity contribution in [2.75, 3.05) is 31.1 Å². The number of rotatable bonds is 3. The summed E-state index contributed by atoms with van der Waals surface area (Å²) in [7, 11) is 0. The molecule has 0 N–H and O–H groups in total. The summed E-state index contributed by atoms with van der Waals surface area (Å²) in [6.07, 6.45) is -1.85. The highest BCUT2D eigenvalue weighted by Crippen LogP contribution is 2.35. The minimum atomic E-state index is -4.86. The van der Waals surface area contributed by atoms with Crippen LogP contribution in [0.3, 0.4) is 0 Å². The van der Waals surface area contributed by atoms with Crippen molar-refractivity contribution in [1.29, 1.82) is 5.26 Å². The second kappa shape index (κ2) is 8.63. The zero-order valence-corrected chi connectivity index (χ0v) is 16.8. The number of hydrogen-bond acceptors (Lipinski definition) is 6. The molecular weight excluding hydrogens is 421 g/mol. The zero-order chi connectivity index (χ0) is 22.7. The topological polar surface area (TPSA) is 86.0 Å². The van der Waals surface area contributed by atoms with Gasteiger partial charge in [0.15, 0.2) is 5.69 Å². The molecule has 0 bridgehead atoms. The van der Waals surface area contributed by atoms with E-state index in [0.717, 1.165) is 6.07 Å². The fraction of sp³-hybridized carbons (Fsp3) is 0.227. The molecule has 1 aromatic carbocycles. The summed E-state index contributed by atoms with van der Waals surface area (Å²) in [5.74, 6) is -0.119. The van der Waals surface area contributed by atoms with Crippen LogP contribution in [-0.2, 0) is 6.18 Å².